The summed E-state index contributed by atoms with van der Waals surface area (Å²) < 4.78 is 4.79. The summed E-state index contributed by atoms with van der Waals surface area (Å²) in [5.41, 5.74) is 7.95. The average molecular weight is 249 g/mol. The van der Waals surface area contributed by atoms with Crippen molar-refractivity contribution in [3.05, 3.63) is 35.4 Å². The Morgan fingerprint density at radius 1 is 1.33 bits per heavy atom. The van der Waals surface area contributed by atoms with Gasteiger partial charge in [-0.25, -0.2) is 0 Å². The number of benzene rings is 1. The Balaban J connectivity index is 2.75. The van der Waals surface area contributed by atoms with Gasteiger partial charge in [-0.1, -0.05) is 31.2 Å². The van der Waals surface area contributed by atoms with E-state index >= 15 is 0 Å². The lowest BCUT2D eigenvalue weighted by Crippen LogP contribution is -2.30. The number of hydrogen-bond donors (Lipinski definition) is 1. The Labute approximate surface area is 109 Å². The smallest absolute Gasteiger partial charge is 0.311 e. The topological polar surface area (TPSA) is 52.3 Å². The number of carbonyl (C=O) groups is 1. The van der Waals surface area contributed by atoms with Gasteiger partial charge in [0.15, 0.2) is 0 Å². The molecule has 0 saturated heterocycles. The van der Waals surface area contributed by atoms with Crippen LogP contribution < -0.4 is 5.73 Å². The van der Waals surface area contributed by atoms with Gasteiger partial charge < -0.3 is 10.5 Å². The molecule has 0 radical (unpaired) electrons. The fraction of sp³-hybridized carbons (Fsp3) is 0.533. The van der Waals surface area contributed by atoms with Crippen molar-refractivity contribution in [3.8, 4) is 0 Å². The zero-order valence-electron chi connectivity index (χ0n) is 11.7. The highest BCUT2D eigenvalue weighted by Crippen LogP contribution is 2.29. The van der Waals surface area contributed by atoms with Crippen molar-refractivity contribution in [2.75, 3.05) is 7.11 Å². The first kappa shape index (κ1) is 14.7. The lowest BCUT2D eigenvalue weighted by molar-refractivity contribution is -0.151. The molecule has 3 heteroatoms. The van der Waals surface area contributed by atoms with Crippen molar-refractivity contribution in [3.63, 3.8) is 0 Å². The minimum absolute atomic E-state index is 0.148. The number of rotatable bonds is 5. The molecule has 0 aliphatic carbocycles. The van der Waals surface area contributed by atoms with E-state index in [-0.39, 0.29) is 12.0 Å². The molecular weight excluding hydrogens is 226 g/mol. The van der Waals surface area contributed by atoms with E-state index in [4.69, 9.17) is 10.5 Å². The summed E-state index contributed by atoms with van der Waals surface area (Å²) in [5, 5.41) is 0. The number of hydrogen-bond acceptors (Lipinski definition) is 3. The molecule has 100 valence electrons. The first-order chi connectivity index (χ1) is 8.40. The Hall–Kier alpha value is -1.35. The van der Waals surface area contributed by atoms with E-state index in [1.54, 1.807) is 0 Å². The zero-order chi connectivity index (χ0) is 13.8. The minimum atomic E-state index is -0.558. The van der Waals surface area contributed by atoms with E-state index in [9.17, 15) is 4.79 Å². The van der Waals surface area contributed by atoms with Gasteiger partial charge in [-0.15, -0.1) is 0 Å². The number of methoxy groups -OCH3 is 1. The standard InChI is InChI=1S/C15H23NO2/c1-5-11-6-8-12(9-7-11)13(16)10-15(2,3)14(17)18-4/h6-9,13H,5,10,16H2,1-4H3. The molecular formula is C15H23NO2. The maximum absolute atomic E-state index is 11.6. The third-order valence-electron chi connectivity index (χ3n) is 3.28. The second-order valence-electron chi connectivity index (χ2n) is 5.28. The monoisotopic (exact) mass is 249 g/mol. The molecule has 1 atom stereocenters. The SMILES string of the molecule is CCc1ccc(C(N)CC(C)(C)C(=O)OC)cc1. The van der Waals surface area contributed by atoms with E-state index in [0.717, 1.165) is 12.0 Å². The predicted octanol–water partition coefficient (Wildman–Crippen LogP) is 2.84. The largest absolute Gasteiger partial charge is 0.469 e. The van der Waals surface area contributed by atoms with Gasteiger partial charge >= 0.3 is 5.97 Å². The Morgan fingerprint density at radius 2 is 1.89 bits per heavy atom. The molecule has 18 heavy (non-hydrogen) atoms. The van der Waals surface area contributed by atoms with E-state index in [0.29, 0.717) is 6.42 Å². The van der Waals surface area contributed by atoms with Crippen molar-refractivity contribution in [1.82, 2.24) is 0 Å². The summed E-state index contributed by atoms with van der Waals surface area (Å²) >= 11 is 0. The normalized spacial score (nSPS) is 13.2. The number of carbonyl (C=O) groups excluding carboxylic acids is 1. The Morgan fingerprint density at radius 3 is 2.33 bits per heavy atom. The van der Waals surface area contributed by atoms with Crippen LogP contribution in [0.2, 0.25) is 0 Å². The maximum Gasteiger partial charge on any atom is 0.311 e. The molecule has 0 aromatic heterocycles. The maximum atomic E-state index is 11.6. The number of aryl methyl sites for hydroxylation is 1. The first-order valence-corrected chi connectivity index (χ1v) is 6.33. The third-order valence-corrected chi connectivity index (χ3v) is 3.28. The minimum Gasteiger partial charge on any atom is -0.469 e. The second kappa shape index (κ2) is 6.01. The van der Waals surface area contributed by atoms with Crippen molar-refractivity contribution in [2.24, 2.45) is 11.1 Å². The Bertz CT molecular complexity index is 395. The number of esters is 1. The summed E-state index contributed by atoms with van der Waals surface area (Å²) in [6.07, 6.45) is 1.59. The molecule has 0 heterocycles. The fourth-order valence-electron chi connectivity index (χ4n) is 2.03. The van der Waals surface area contributed by atoms with Gasteiger partial charge in [0.25, 0.3) is 0 Å². The number of nitrogens with two attached hydrogens (primary N) is 1. The molecule has 2 N–H and O–H groups in total. The highest BCUT2D eigenvalue weighted by molar-refractivity contribution is 5.75. The predicted molar refractivity (Wildman–Crippen MR) is 73.2 cm³/mol. The lowest BCUT2D eigenvalue weighted by Gasteiger charge is -2.25. The van der Waals surface area contributed by atoms with E-state index in [2.05, 4.69) is 19.1 Å². The zero-order valence-corrected chi connectivity index (χ0v) is 11.7. The van der Waals surface area contributed by atoms with Gasteiger partial charge in [0.1, 0.15) is 0 Å². The summed E-state index contributed by atoms with van der Waals surface area (Å²) in [6.45, 7) is 5.84. The van der Waals surface area contributed by atoms with E-state index in [1.807, 2.05) is 26.0 Å². The summed E-state index contributed by atoms with van der Waals surface area (Å²) in [6, 6.07) is 8.10. The molecule has 1 rings (SSSR count). The van der Waals surface area contributed by atoms with Crippen LogP contribution in [0.25, 0.3) is 0 Å². The number of ether oxygens (including phenoxy) is 1. The van der Waals surface area contributed by atoms with Crippen molar-refractivity contribution in [2.45, 2.75) is 39.7 Å². The first-order valence-electron chi connectivity index (χ1n) is 6.33. The lowest BCUT2D eigenvalue weighted by atomic mass is 9.84. The van der Waals surface area contributed by atoms with Crippen LogP contribution in [-0.2, 0) is 16.0 Å². The van der Waals surface area contributed by atoms with Crippen LogP contribution in [0.3, 0.4) is 0 Å². The molecule has 3 nitrogen and oxygen atoms in total. The van der Waals surface area contributed by atoms with Gasteiger partial charge in [0.05, 0.1) is 12.5 Å². The molecule has 0 aliphatic rings. The van der Waals surface area contributed by atoms with Gasteiger partial charge in [-0.05, 0) is 37.8 Å². The summed E-state index contributed by atoms with van der Waals surface area (Å²) in [7, 11) is 1.41. The highest BCUT2D eigenvalue weighted by atomic mass is 16.5. The molecule has 0 bridgehead atoms. The molecule has 1 aromatic rings. The van der Waals surface area contributed by atoms with Crippen LogP contribution in [0.5, 0.6) is 0 Å². The van der Waals surface area contributed by atoms with Crippen LogP contribution in [0.1, 0.15) is 44.4 Å². The fourth-order valence-corrected chi connectivity index (χ4v) is 2.03. The van der Waals surface area contributed by atoms with Crippen LogP contribution in [0.4, 0.5) is 0 Å². The van der Waals surface area contributed by atoms with Crippen molar-refractivity contribution >= 4 is 5.97 Å². The summed E-state index contributed by atoms with van der Waals surface area (Å²) in [5.74, 6) is -0.219. The third kappa shape index (κ3) is 3.57. The van der Waals surface area contributed by atoms with Crippen LogP contribution >= 0.6 is 0 Å². The highest BCUT2D eigenvalue weighted by Gasteiger charge is 2.31. The van der Waals surface area contributed by atoms with Gasteiger partial charge in [0.2, 0.25) is 0 Å². The average Bonchev–Trinajstić information content (AvgIpc) is 2.37. The van der Waals surface area contributed by atoms with Crippen LogP contribution in [-0.4, -0.2) is 13.1 Å². The Kier molecular flexibility index (Phi) is 4.91. The van der Waals surface area contributed by atoms with Gasteiger partial charge in [-0.2, -0.15) is 0 Å². The molecule has 0 fully saturated rings. The molecule has 1 unspecified atom stereocenters. The van der Waals surface area contributed by atoms with E-state index in [1.165, 1.54) is 12.7 Å². The van der Waals surface area contributed by atoms with Crippen molar-refractivity contribution < 1.29 is 9.53 Å². The molecule has 1 aromatic carbocycles. The van der Waals surface area contributed by atoms with Crippen molar-refractivity contribution in [1.29, 1.82) is 0 Å². The molecule has 0 amide bonds. The molecule has 0 saturated carbocycles. The second-order valence-corrected chi connectivity index (χ2v) is 5.28. The quantitative estimate of drug-likeness (QED) is 0.816. The van der Waals surface area contributed by atoms with Crippen LogP contribution in [0.15, 0.2) is 24.3 Å². The van der Waals surface area contributed by atoms with Crippen LogP contribution in [0, 0.1) is 5.41 Å². The van der Waals surface area contributed by atoms with Gasteiger partial charge in [-0.3, -0.25) is 4.79 Å². The van der Waals surface area contributed by atoms with E-state index < -0.39 is 5.41 Å². The molecule has 0 aliphatic heterocycles. The molecule has 0 spiro atoms. The summed E-state index contributed by atoms with van der Waals surface area (Å²) in [4.78, 5) is 11.6. The van der Waals surface area contributed by atoms with Gasteiger partial charge in [0, 0.05) is 6.04 Å².